The molecule has 2 rings (SSSR count). The lowest BCUT2D eigenvalue weighted by atomic mass is 10.1. The molecule has 7 nitrogen and oxygen atoms in total. The van der Waals surface area contributed by atoms with Crippen LogP contribution in [0.1, 0.15) is 6.92 Å². The van der Waals surface area contributed by atoms with E-state index in [9.17, 15) is 40.7 Å². The maximum atomic E-state index is 13.9. The number of carbonyl (C=O) groups excluding carboxylic acids is 3. The van der Waals surface area contributed by atoms with Gasteiger partial charge in [-0.25, -0.2) is 4.39 Å². The minimum absolute atomic E-state index is 0.0944. The van der Waals surface area contributed by atoms with Crippen molar-refractivity contribution in [3.05, 3.63) is 24.0 Å². The highest BCUT2D eigenvalue weighted by atomic mass is 19.4. The number of anilines is 1. The Labute approximate surface area is 166 Å². The van der Waals surface area contributed by atoms with Crippen molar-refractivity contribution in [3.63, 3.8) is 0 Å². The average Bonchev–Trinajstić information content (AvgIpc) is 2.77. The molecular weight excluding hydrogens is 424 g/mol. The summed E-state index contributed by atoms with van der Waals surface area (Å²) >= 11 is 0. The van der Waals surface area contributed by atoms with E-state index in [1.165, 1.54) is 24.5 Å². The summed E-state index contributed by atoms with van der Waals surface area (Å²) in [7, 11) is 1.30. The molecule has 2 atom stereocenters. The fourth-order valence-electron chi connectivity index (χ4n) is 2.47. The number of hydrogen-bond donors (Lipinski definition) is 2. The molecule has 0 aromatic heterocycles. The second kappa shape index (κ2) is 8.40. The maximum absolute atomic E-state index is 13.9. The Balaban J connectivity index is 2.02. The highest BCUT2D eigenvalue weighted by molar-refractivity contribution is 6.04. The van der Waals surface area contributed by atoms with Gasteiger partial charge in [-0.2, -0.15) is 22.0 Å². The summed E-state index contributed by atoms with van der Waals surface area (Å²) in [4.78, 5) is 37.5. The lowest BCUT2D eigenvalue weighted by molar-refractivity contribution is -0.278. The van der Waals surface area contributed by atoms with Gasteiger partial charge in [-0.3, -0.25) is 14.4 Å². The number of halogens is 6. The van der Waals surface area contributed by atoms with Crippen LogP contribution >= 0.6 is 0 Å². The Bertz CT molecular complexity index is 845. The molecule has 0 bridgehead atoms. The first-order valence-corrected chi connectivity index (χ1v) is 8.47. The Kier molecular flexibility index (Phi) is 6.52. The van der Waals surface area contributed by atoms with E-state index in [0.717, 1.165) is 17.9 Å². The van der Waals surface area contributed by atoms with Crippen LogP contribution in [0.2, 0.25) is 0 Å². The predicted molar refractivity (Wildman–Crippen MR) is 90.4 cm³/mol. The van der Waals surface area contributed by atoms with Crippen LogP contribution in [0.5, 0.6) is 5.75 Å². The number of amides is 3. The van der Waals surface area contributed by atoms with Gasteiger partial charge in [0.2, 0.25) is 11.8 Å². The van der Waals surface area contributed by atoms with Crippen LogP contribution in [0, 0.1) is 11.7 Å². The molecule has 166 valence electrons. The number of likely N-dealkylation sites (N-methyl/N-ethyl adjacent to an activating group) is 1. The summed E-state index contributed by atoms with van der Waals surface area (Å²) in [6.07, 6.45) is -5.87. The van der Waals surface area contributed by atoms with Crippen molar-refractivity contribution < 1.29 is 45.5 Å². The summed E-state index contributed by atoms with van der Waals surface area (Å²) in [5, 5.41) is 3.51. The van der Waals surface area contributed by atoms with Crippen LogP contribution in [0.3, 0.4) is 0 Å². The molecule has 0 saturated heterocycles. The number of nitrogens with one attached hydrogen (secondary N) is 2. The second-order valence-electron chi connectivity index (χ2n) is 6.50. The smallest absolute Gasteiger partial charge is 0.455 e. The number of nitrogens with zero attached hydrogens (tertiary/aromatic N) is 1. The number of alkyl halides is 5. The predicted octanol–water partition coefficient (Wildman–Crippen LogP) is 1.62. The van der Waals surface area contributed by atoms with Crippen LogP contribution in [0.15, 0.2) is 18.2 Å². The third kappa shape index (κ3) is 4.76. The van der Waals surface area contributed by atoms with Crippen LogP contribution in [-0.4, -0.2) is 56.1 Å². The lowest BCUT2D eigenvalue weighted by Gasteiger charge is -2.23. The number of hydrogen-bond acceptors (Lipinski definition) is 4. The van der Waals surface area contributed by atoms with E-state index in [0.29, 0.717) is 0 Å². The van der Waals surface area contributed by atoms with Crippen LogP contribution in [0.25, 0.3) is 0 Å². The quantitative estimate of drug-likeness (QED) is 0.537. The molecule has 0 saturated carbocycles. The van der Waals surface area contributed by atoms with Gasteiger partial charge in [0.25, 0.3) is 5.91 Å². The van der Waals surface area contributed by atoms with E-state index < -0.39 is 60.7 Å². The zero-order valence-corrected chi connectivity index (χ0v) is 15.6. The average molecular weight is 441 g/mol. The Hall–Kier alpha value is -2.99. The molecule has 3 amide bonds. The van der Waals surface area contributed by atoms with Crippen molar-refractivity contribution in [1.82, 2.24) is 10.6 Å². The first kappa shape index (κ1) is 23.3. The molecule has 2 unspecified atom stereocenters. The van der Waals surface area contributed by atoms with Gasteiger partial charge in [-0.05, 0) is 19.1 Å². The molecule has 1 aromatic carbocycles. The van der Waals surface area contributed by atoms with Crippen LogP contribution in [-0.2, 0) is 14.4 Å². The molecule has 0 fully saturated rings. The van der Waals surface area contributed by atoms with E-state index in [4.69, 9.17) is 4.74 Å². The molecule has 1 aromatic rings. The fraction of sp³-hybridized carbons (Fsp3) is 0.471. The van der Waals surface area contributed by atoms with Crippen LogP contribution < -0.4 is 20.3 Å². The summed E-state index contributed by atoms with van der Waals surface area (Å²) in [6.45, 7) is -1.59. The normalized spacial score (nSPS) is 18.1. The fourth-order valence-corrected chi connectivity index (χ4v) is 2.47. The van der Waals surface area contributed by atoms with Gasteiger partial charge in [-0.15, -0.1) is 0 Å². The first-order valence-electron chi connectivity index (χ1n) is 8.47. The molecule has 0 spiro atoms. The third-order valence-electron chi connectivity index (χ3n) is 4.33. The Morgan fingerprint density at radius 3 is 2.47 bits per heavy atom. The second-order valence-corrected chi connectivity index (χ2v) is 6.50. The molecule has 2 N–H and O–H groups in total. The number of carbonyl (C=O) groups is 3. The van der Waals surface area contributed by atoms with Gasteiger partial charge in [-0.1, -0.05) is 6.07 Å². The summed E-state index contributed by atoms with van der Waals surface area (Å²) in [5.41, 5.74) is 0.0944. The number of para-hydroxylation sites is 1. The van der Waals surface area contributed by atoms with Crippen LogP contribution in [0.4, 0.5) is 32.0 Å². The largest absolute Gasteiger partial charge is 0.486 e. The minimum atomic E-state index is -5.87. The summed E-state index contributed by atoms with van der Waals surface area (Å²) in [5.74, 6) is -11.1. The number of fused-ring (bicyclic) bond motifs is 1. The van der Waals surface area contributed by atoms with E-state index in [1.54, 1.807) is 0 Å². The molecule has 0 radical (unpaired) electrons. The van der Waals surface area contributed by atoms with E-state index in [-0.39, 0.29) is 11.4 Å². The molecular formula is C17H17F6N3O4. The van der Waals surface area contributed by atoms with E-state index in [1.807, 2.05) is 0 Å². The summed E-state index contributed by atoms with van der Waals surface area (Å²) in [6, 6.07) is 2.47. The maximum Gasteiger partial charge on any atom is 0.455 e. The van der Waals surface area contributed by atoms with Gasteiger partial charge in [0, 0.05) is 7.05 Å². The highest BCUT2D eigenvalue weighted by Crippen LogP contribution is 2.35. The monoisotopic (exact) mass is 441 g/mol. The van der Waals surface area contributed by atoms with E-state index in [2.05, 4.69) is 5.32 Å². The van der Waals surface area contributed by atoms with Crippen molar-refractivity contribution in [3.8, 4) is 5.75 Å². The summed E-state index contributed by atoms with van der Waals surface area (Å²) < 4.78 is 81.4. The lowest BCUT2D eigenvalue weighted by Crippen LogP contribution is -2.53. The zero-order valence-electron chi connectivity index (χ0n) is 15.6. The van der Waals surface area contributed by atoms with Gasteiger partial charge in [0.15, 0.2) is 11.6 Å². The van der Waals surface area contributed by atoms with Crippen molar-refractivity contribution >= 4 is 23.4 Å². The van der Waals surface area contributed by atoms with Crippen molar-refractivity contribution in [2.45, 2.75) is 25.1 Å². The standard InChI is InChI=1S/C17H17F6N3O4/c1-8(13(27)24-7-16(19,20)17(21,22)23)14(28)25-10-6-30-12-9(18)4-3-5-11(12)26(2)15(10)29/h3-5,8,10H,6-7H2,1-2H3,(H,24,27)(H,25,28). The first-order chi connectivity index (χ1) is 13.8. The number of rotatable bonds is 5. The number of benzene rings is 1. The molecule has 1 heterocycles. The van der Waals surface area contributed by atoms with Gasteiger partial charge >= 0.3 is 12.1 Å². The van der Waals surface area contributed by atoms with Crippen molar-refractivity contribution in [2.75, 3.05) is 25.1 Å². The SMILES string of the molecule is CC(C(=O)NCC(F)(F)C(F)(F)F)C(=O)NC1COc2c(F)cccc2N(C)C1=O. The topological polar surface area (TPSA) is 87.7 Å². The van der Waals surface area contributed by atoms with Gasteiger partial charge in [0.1, 0.15) is 18.6 Å². The Morgan fingerprint density at radius 1 is 1.23 bits per heavy atom. The van der Waals surface area contributed by atoms with Crippen molar-refractivity contribution in [1.29, 1.82) is 0 Å². The molecule has 1 aliphatic rings. The van der Waals surface area contributed by atoms with Gasteiger partial charge in [0.05, 0.1) is 12.2 Å². The van der Waals surface area contributed by atoms with E-state index >= 15 is 0 Å². The highest BCUT2D eigenvalue weighted by Gasteiger charge is 2.57. The third-order valence-corrected chi connectivity index (χ3v) is 4.33. The number of ether oxygens (including phenoxy) is 1. The zero-order chi connectivity index (χ0) is 22.9. The molecule has 0 aliphatic carbocycles. The Morgan fingerprint density at radius 2 is 1.87 bits per heavy atom. The van der Waals surface area contributed by atoms with Crippen molar-refractivity contribution in [2.24, 2.45) is 5.92 Å². The molecule has 13 heteroatoms. The van der Waals surface area contributed by atoms with Gasteiger partial charge < -0.3 is 20.3 Å². The minimum Gasteiger partial charge on any atom is -0.486 e. The molecule has 1 aliphatic heterocycles. The molecule has 30 heavy (non-hydrogen) atoms.